The van der Waals surface area contributed by atoms with Crippen LogP contribution in [0.3, 0.4) is 0 Å². The van der Waals surface area contributed by atoms with Gasteiger partial charge in [-0.15, -0.1) is 0 Å². The number of alkyl halides is 1. The Morgan fingerprint density at radius 2 is 1.85 bits per heavy atom. The van der Waals surface area contributed by atoms with Gasteiger partial charge in [-0.05, 0) is 60.2 Å². The normalized spacial score (nSPS) is 19.8. The molecule has 2 aromatic carbocycles. The zero-order chi connectivity index (χ0) is 28.1. The largest absolute Gasteiger partial charge is 0.497 e. The van der Waals surface area contributed by atoms with E-state index >= 15 is 4.39 Å². The van der Waals surface area contributed by atoms with Crippen molar-refractivity contribution in [3.8, 4) is 17.0 Å². The number of carboxylic acid groups (broad SMARTS) is 1. The molecule has 2 N–H and O–H groups in total. The quantitative estimate of drug-likeness (QED) is 0.468. The van der Waals surface area contributed by atoms with Crippen LogP contribution in [0.15, 0.2) is 36.4 Å². The molecular formula is C28H32FN3O6S. The average Bonchev–Trinajstić information content (AvgIpc) is 3.13. The summed E-state index contributed by atoms with van der Waals surface area (Å²) in [6, 6.07) is 10.2. The van der Waals surface area contributed by atoms with E-state index in [1.807, 2.05) is 10.8 Å². The van der Waals surface area contributed by atoms with Crippen LogP contribution in [-0.2, 0) is 28.0 Å². The van der Waals surface area contributed by atoms with Crippen molar-refractivity contribution in [2.75, 3.05) is 21.2 Å². The van der Waals surface area contributed by atoms with Crippen molar-refractivity contribution < 1.29 is 32.2 Å². The molecule has 1 aromatic heterocycles. The van der Waals surface area contributed by atoms with Crippen molar-refractivity contribution in [2.24, 2.45) is 0 Å². The van der Waals surface area contributed by atoms with Crippen molar-refractivity contribution >= 4 is 33.0 Å². The molecular weight excluding hydrogens is 525 g/mol. The van der Waals surface area contributed by atoms with Crippen LogP contribution in [0.2, 0.25) is 0 Å². The van der Waals surface area contributed by atoms with E-state index in [4.69, 9.17) is 4.74 Å². The summed E-state index contributed by atoms with van der Waals surface area (Å²) in [6.07, 6.45) is 4.79. The second kappa shape index (κ2) is 9.95. The molecule has 5 rings (SSSR count). The number of hydrogen-bond donors (Lipinski definition) is 2. The summed E-state index contributed by atoms with van der Waals surface area (Å²) in [6.45, 7) is -0.459. The Hall–Kier alpha value is -3.44. The number of amides is 1. The first-order valence-electron chi connectivity index (χ1n) is 13.0. The number of halogens is 1. The fraction of sp³-hybridized carbons (Fsp3) is 0.429. The predicted molar refractivity (Wildman–Crippen MR) is 145 cm³/mol. The van der Waals surface area contributed by atoms with Crippen LogP contribution in [0.5, 0.6) is 5.75 Å². The minimum absolute atomic E-state index is 0.0717. The monoisotopic (exact) mass is 557 g/mol. The molecule has 0 bridgehead atoms. The SMILES string of the molecule is COc1ccc2c(c1)CC(F)(C(=O)O)Cn1c-2c(C2CCCCC2)c2ccc(C(=O)NS(=O)(=O)N(C)C)cc21. The van der Waals surface area contributed by atoms with Gasteiger partial charge >= 0.3 is 16.2 Å². The van der Waals surface area contributed by atoms with E-state index in [2.05, 4.69) is 0 Å². The van der Waals surface area contributed by atoms with Crippen molar-refractivity contribution in [3.05, 3.63) is 53.1 Å². The summed E-state index contributed by atoms with van der Waals surface area (Å²) in [5, 5.41) is 10.8. The number of benzene rings is 2. The van der Waals surface area contributed by atoms with Crippen molar-refractivity contribution in [1.82, 2.24) is 13.6 Å². The van der Waals surface area contributed by atoms with Crippen molar-refractivity contribution in [1.29, 1.82) is 0 Å². The number of carboxylic acids is 1. The van der Waals surface area contributed by atoms with E-state index in [-0.39, 0.29) is 17.9 Å². The number of hydrogen-bond acceptors (Lipinski definition) is 5. The van der Waals surface area contributed by atoms with Gasteiger partial charge in [0.2, 0.25) is 5.67 Å². The first kappa shape index (κ1) is 27.1. The van der Waals surface area contributed by atoms with Crippen molar-refractivity contribution in [2.45, 2.75) is 56.7 Å². The molecule has 11 heteroatoms. The molecule has 0 saturated heterocycles. The number of nitrogens with zero attached hydrogens (tertiary/aromatic N) is 2. The summed E-state index contributed by atoms with van der Waals surface area (Å²) < 4.78 is 50.8. The summed E-state index contributed by atoms with van der Waals surface area (Å²) in [7, 11) is 0.0866. The van der Waals surface area contributed by atoms with Crippen LogP contribution < -0.4 is 9.46 Å². The zero-order valence-electron chi connectivity index (χ0n) is 22.2. The van der Waals surface area contributed by atoms with Gasteiger partial charge in [0.25, 0.3) is 5.91 Å². The van der Waals surface area contributed by atoms with E-state index in [0.717, 1.165) is 58.6 Å². The van der Waals surface area contributed by atoms with E-state index in [1.54, 1.807) is 28.8 Å². The number of carbonyl (C=O) groups excluding carboxylic acids is 1. The summed E-state index contributed by atoms with van der Waals surface area (Å²) in [5.74, 6) is -1.72. The minimum Gasteiger partial charge on any atom is -0.497 e. The lowest BCUT2D eigenvalue weighted by molar-refractivity contribution is -0.151. The third-order valence-electron chi connectivity index (χ3n) is 7.91. The van der Waals surface area contributed by atoms with E-state index in [9.17, 15) is 23.1 Å². The fourth-order valence-electron chi connectivity index (χ4n) is 5.87. The number of ether oxygens (including phenoxy) is 1. The molecule has 3 aromatic rings. The standard InChI is InChI=1S/C28H32FN3O6S/c1-31(2)39(36,37)30-26(33)18-9-11-22-23(14-18)32-16-28(29,27(34)35)15-19-13-20(38-3)10-12-21(19)25(32)24(22)17-7-5-4-6-8-17/h9-14,17H,4-8,15-16H2,1-3H3,(H,30,33)(H,34,35). The predicted octanol–water partition coefficient (Wildman–Crippen LogP) is 4.25. The highest BCUT2D eigenvalue weighted by molar-refractivity contribution is 7.87. The van der Waals surface area contributed by atoms with Gasteiger partial charge in [0.05, 0.1) is 19.3 Å². The molecule has 1 saturated carbocycles. The van der Waals surface area contributed by atoms with Crippen molar-refractivity contribution in [3.63, 3.8) is 0 Å². The van der Waals surface area contributed by atoms with Crippen LogP contribution >= 0.6 is 0 Å². The van der Waals surface area contributed by atoms with Gasteiger partial charge in [0.1, 0.15) is 5.75 Å². The van der Waals surface area contributed by atoms with E-state index < -0.39 is 34.3 Å². The molecule has 1 amide bonds. The van der Waals surface area contributed by atoms with Gasteiger partial charge in [-0.2, -0.15) is 12.7 Å². The molecule has 208 valence electrons. The molecule has 1 fully saturated rings. The van der Waals surface area contributed by atoms with Gasteiger partial charge in [-0.25, -0.2) is 13.9 Å². The van der Waals surface area contributed by atoms with Crippen LogP contribution in [0.4, 0.5) is 4.39 Å². The first-order chi connectivity index (χ1) is 18.4. The first-order valence-corrected chi connectivity index (χ1v) is 14.4. The molecule has 9 nitrogen and oxygen atoms in total. The third kappa shape index (κ3) is 4.78. The summed E-state index contributed by atoms with van der Waals surface area (Å²) >= 11 is 0. The maximum absolute atomic E-state index is 16.3. The Balaban J connectivity index is 1.79. The Kier molecular flexibility index (Phi) is 6.92. The molecule has 1 aliphatic carbocycles. The van der Waals surface area contributed by atoms with Gasteiger partial charge in [0.15, 0.2) is 0 Å². The minimum atomic E-state index is -4.03. The van der Waals surface area contributed by atoms with Crippen LogP contribution in [0, 0.1) is 0 Å². The van der Waals surface area contributed by atoms with Gasteiger partial charge in [0, 0.05) is 42.5 Å². The Labute approximate surface area is 226 Å². The Morgan fingerprint density at radius 1 is 1.13 bits per heavy atom. The molecule has 2 aliphatic rings. The molecule has 1 unspecified atom stereocenters. The molecule has 39 heavy (non-hydrogen) atoms. The molecule has 0 radical (unpaired) electrons. The summed E-state index contributed by atoms with van der Waals surface area (Å²) in [4.78, 5) is 25.2. The highest BCUT2D eigenvalue weighted by Crippen LogP contribution is 2.48. The Morgan fingerprint density at radius 3 is 2.49 bits per heavy atom. The van der Waals surface area contributed by atoms with E-state index in [0.29, 0.717) is 16.8 Å². The maximum Gasteiger partial charge on any atom is 0.343 e. The maximum atomic E-state index is 16.3. The zero-order valence-corrected chi connectivity index (χ0v) is 23.0. The number of methoxy groups -OCH3 is 1. The number of aromatic nitrogens is 1. The van der Waals surface area contributed by atoms with Gasteiger partial charge in [-0.3, -0.25) is 4.79 Å². The van der Waals surface area contributed by atoms with Crippen LogP contribution in [0.25, 0.3) is 22.2 Å². The lowest BCUT2D eigenvalue weighted by atomic mass is 9.81. The lowest BCUT2D eigenvalue weighted by Gasteiger charge is -2.24. The second-order valence-corrected chi connectivity index (χ2v) is 12.5. The van der Waals surface area contributed by atoms with Gasteiger partial charge < -0.3 is 14.4 Å². The number of nitrogens with one attached hydrogen (secondary N) is 1. The highest BCUT2D eigenvalue weighted by Gasteiger charge is 2.44. The molecule has 1 aliphatic heterocycles. The van der Waals surface area contributed by atoms with Gasteiger partial charge in [-0.1, -0.05) is 25.3 Å². The fourth-order valence-corrected chi connectivity index (χ4v) is 6.40. The molecule has 0 spiro atoms. The van der Waals surface area contributed by atoms with Crippen LogP contribution in [-0.4, -0.2) is 61.1 Å². The third-order valence-corrected chi connectivity index (χ3v) is 9.32. The summed E-state index contributed by atoms with van der Waals surface area (Å²) in [5.41, 5.74) is 0.971. The second-order valence-electron chi connectivity index (χ2n) is 10.6. The number of aliphatic carboxylic acids is 1. The smallest absolute Gasteiger partial charge is 0.343 e. The van der Waals surface area contributed by atoms with Crippen LogP contribution in [0.1, 0.15) is 59.5 Å². The Bertz CT molecular complexity index is 1580. The highest BCUT2D eigenvalue weighted by atomic mass is 32.2. The number of carbonyl (C=O) groups is 2. The molecule has 1 atom stereocenters. The van der Waals surface area contributed by atoms with E-state index in [1.165, 1.54) is 27.3 Å². The number of rotatable bonds is 6. The topological polar surface area (TPSA) is 118 Å². The number of fused-ring (bicyclic) bond motifs is 5. The average molecular weight is 558 g/mol. The molecule has 2 heterocycles. The lowest BCUT2D eigenvalue weighted by Crippen LogP contribution is -2.40.